The van der Waals surface area contributed by atoms with Crippen molar-refractivity contribution < 1.29 is 4.79 Å². The largest absolute Gasteiger partial charge is 0.359 e. The summed E-state index contributed by atoms with van der Waals surface area (Å²) in [5.74, 6) is 1.02. The van der Waals surface area contributed by atoms with Crippen LogP contribution < -0.4 is 10.2 Å². The zero-order valence-corrected chi connectivity index (χ0v) is 15.4. The maximum atomic E-state index is 12.0. The Morgan fingerprint density at radius 1 is 1.19 bits per heavy atom. The molecular weight excluding hydrogens is 362 g/mol. The topological polar surface area (TPSA) is 99.7 Å². The van der Waals surface area contributed by atoms with E-state index in [1.54, 1.807) is 17.7 Å². The maximum absolute atomic E-state index is 12.0. The SMILES string of the molecule is CN(CCC(=O)Nc1ncn[nH]1)c1ncnc2sc(-c3ccccc3)cc12. The number of hydrogen-bond donors (Lipinski definition) is 2. The standard InChI is InChI=1S/C18H17N7OS/c1-25(8-7-15(26)23-18-21-11-22-24-18)16-13-9-14(12-5-3-2-4-6-12)27-17(13)20-10-19-16/h2-6,9-11H,7-8H2,1H3,(H2,21,22,23,24,26). The molecule has 0 saturated heterocycles. The number of anilines is 2. The first-order valence-corrected chi connectivity index (χ1v) is 9.18. The number of carbonyl (C=O) groups excluding carboxylic acids is 1. The molecule has 0 aliphatic rings. The van der Waals surface area contributed by atoms with Crippen molar-refractivity contribution in [3.05, 3.63) is 49.1 Å². The predicted molar refractivity (Wildman–Crippen MR) is 106 cm³/mol. The van der Waals surface area contributed by atoms with Gasteiger partial charge in [-0.15, -0.1) is 11.3 Å². The summed E-state index contributed by atoms with van der Waals surface area (Å²) in [6, 6.07) is 12.3. The van der Waals surface area contributed by atoms with Gasteiger partial charge in [0.15, 0.2) is 0 Å². The Kier molecular flexibility index (Phi) is 4.75. The minimum atomic E-state index is -0.140. The molecule has 0 unspecified atom stereocenters. The number of H-pyrrole nitrogens is 1. The molecule has 0 aliphatic heterocycles. The molecule has 1 amide bonds. The number of rotatable bonds is 6. The molecule has 0 radical (unpaired) electrons. The minimum absolute atomic E-state index is 0.140. The van der Waals surface area contributed by atoms with Gasteiger partial charge in [-0.1, -0.05) is 30.3 Å². The Morgan fingerprint density at radius 3 is 2.81 bits per heavy atom. The van der Waals surface area contributed by atoms with Gasteiger partial charge >= 0.3 is 0 Å². The van der Waals surface area contributed by atoms with E-state index in [4.69, 9.17) is 0 Å². The summed E-state index contributed by atoms with van der Waals surface area (Å²) in [6.45, 7) is 0.516. The third kappa shape index (κ3) is 3.77. The fraction of sp³-hybridized carbons (Fsp3) is 0.167. The van der Waals surface area contributed by atoms with Crippen LogP contribution in [0.1, 0.15) is 6.42 Å². The van der Waals surface area contributed by atoms with E-state index < -0.39 is 0 Å². The quantitative estimate of drug-likeness (QED) is 0.534. The van der Waals surface area contributed by atoms with Gasteiger partial charge in [-0.05, 0) is 11.6 Å². The fourth-order valence-electron chi connectivity index (χ4n) is 2.73. The Bertz CT molecular complexity index is 1050. The van der Waals surface area contributed by atoms with E-state index in [2.05, 4.69) is 48.7 Å². The summed E-state index contributed by atoms with van der Waals surface area (Å²) < 4.78 is 0. The molecule has 4 aromatic rings. The molecular formula is C18H17N7OS. The molecule has 3 heterocycles. The number of benzene rings is 1. The third-order valence-electron chi connectivity index (χ3n) is 4.08. The monoisotopic (exact) mass is 379 g/mol. The molecule has 8 nitrogen and oxygen atoms in total. The number of nitrogens with zero attached hydrogens (tertiary/aromatic N) is 5. The highest BCUT2D eigenvalue weighted by Crippen LogP contribution is 2.35. The lowest BCUT2D eigenvalue weighted by Crippen LogP contribution is -2.25. The zero-order valence-electron chi connectivity index (χ0n) is 14.6. The van der Waals surface area contributed by atoms with E-state index >= 15 is 0 Å². The van der Waals surface area contributed by atoms with Gasteiger partial charge in [0.1, 0.15) is 23.3 Å². The molecule has 0 saturated carbocycles. The Morgan fingerprint density at radius 2 is 2.04 bits per heavy atom. The molecule has 0 spiro atoms. The number of nitrogens with one attached hydrogen (secondary N) is 2. The van der Waals surface area contributed by atoms with E-state index in [0.29, 0.717) is 18.9 Å². The molecule has 0 aliphatic carbocycles. The van der Waals surface area contributed by atoms with Crippen LogP contribution in [0.25, 0.3) is 20.7 Å². The summed E-state index contributed by atoms with van der Waals surface area (Å²) in [5.41, 5.74) is 1.15. The average Bonchev–Trinajstić information content (AvgIpc) is 3.36. The fourth-order valence-corrected chi connectivity index (χ4v) is 3.73. The van der Waals surface area contributed by atoms with Crippen molar-refractivity contribution in [2.45, 2.75) is 6.42 Å². The number of aromatic amines is 1. The van der Waals surface area contributed by atoms with E-state index in [-0.39, 0.29) is 5.91 Å². The Balaban J connectivity index is 1.50. The number of hydrogen-bond acceptors (Lipinski definition) is 7. The molecule has 3 aromatic heterocycles. The van der Waals surface area contributed by atoms with Gasteiger partial charge in [-0.3, -0.25) is 10.1 Å². The van der Waals surface area contributed by atoms with Gasteiger partial charge in [0.25, 0.3) is 0 Å². The number of carbonyl (C=O) groups is 1. The van der Waals surface area contributed by atoms with Crippen LogP contribution in [-0.2, 0) is 4.79 Å². The van der Waals surface area contributed by atoms with Crippen molar-refractivity contribution in [3.8, 4) is 10.4 Å². The normalized spacial score (nSPS) is 10.9. The summed E-state index contributed by atoms with van der Waals surface area (Å²) >= 11 is 1.63. The molecule has 27 heavy (non-hydrogen) atoms. The van der Waals surface area contributed by atoms with Crippen molar-refractivity contribution in [2.24, 2.45) is 0 Å². The molecule has 4 rings (SSSR count). The number of fused-ring (bicyclic) bond motifs is 1. The highest BCUT2D eigenvalue weighted by molar-refractivity contribution is 7.21. The van der Waals surface area contributed by atoms with Gasteiger partial charge in [0.05, 0.1) is 5.39 Å². The van der Waals surface area contributed by atoms with Gasteiger partial charge < -0.3 is 4.90 Å². The second-order valence-electron chi connectivity index (χ2n) is 5.95. The van der Waals surface area contributed by atoms with E-state index in [9.17, 15) is 4.79 Å². The van der Waals surface area contributed by atoms with Crippen molar-refractivity contribution in [3.63, 3.8) is 0 Å². The van der Waals surface area contributed by atoms with Gasteiger partial charge in [0.2, 0.25) is 11.9 Å². The summed E-state index contributed by atoms with van der Waals surface area (Å²) in [5, 5.41) is 9.96. The van der Waals surface area contributed by atoms with Crippen LogP contribution in [0.4, 0.5) is 11.8 Å². The summed E-state index contributed by atoms with van der Waals surface area (Å²) in [6.07, 6.45) is 3.21. The molecule has 0 atom stereocenters. The van der Waals surface area contributed by atoms with E-state index in [1.165, 1.54) is 6.33 Å². The second-order valence-corrected chi connectivity index (χ2v) is 6.98. The van der Waals surface area contributed by atoms with Crippen molar-refractivity contribution in [1.82, 2.24) is 25.1 Å². The van der Waals surface area contributed by atoms with Crippen LogP contribution in [-0.4, -0.2) is 44.6 Å². The van der Waals surface area contributed by atoms with Crippen LogP contribution in [0.2, 0.25) is 0 Å². The third-order valence-corrected chi connectivity index (χ3v) is 5.17. The van der Waals surface area contributed by atoms with Gasteiger partial charge in [-0.2, -0.15) is 10.1 Å². The van der Waals surface area contributed by atoms with Gasteiger partial charge in [-0.25, -0.2) is 15.1 Å². The van der Waals surface area contributed by atoms with Crippen molar-refractivity contribution in [2.75, 3.05) is 23.8 Å². The second kappa shape index (κ2) is 7.50. The van der Waals surface area contributed by atoms with Crippen molar-refractivity contribution in [1.29, 1.82) is 0 Å². The highest BCUT2D eigenvalue weighted by Gasteiger charge is 2.14. The number of amides is 1. The molecule has 2 N–H and O–H groups in total. The lowest BCUT2D eigenvalue weighted by Gasteiger charge is -2.18. The van der Waals surface area contributed by atoms with Crippen molar-refractivity contribution >= 4 is 39.2 Å². The van der Waals surface area contributed by atoms with Crippen LogP contribution in [0.3, 0.4) is 0 Å². The van der Waals surface area contributed by atoms with Crippen LogP contribution in [0.5, 0.6) is 0 Å². The lowest BCUT2D eigenvalue weighted by atomic mass is 10.2. The molecule has 1 aromatic carbocycles. The van der Waals surface area contributed by atoms with Gasteiger partial charge in [0, 0.05) is 24.9 Å². The first-order chi connectivity index (χ1) is 13.2. The predicted octanol–water partition coefficient (Wildman–Crippen LogP) is 2.94. The average molecular weight is 379 g/mol. The molecule has 0 bridgehead atoms. The molecule has 0 fully saturated rings. The Hall–Kier alpha value is -3.33. The first kappa shape index (κ1) is 17.1. The van der Waals surface area contributed by atoms with E-state index in [1.807, 2.05) is 30.1 Å². The number of thiophene rings is 1. The summed E-state index contributed by atoms with van der Waals surface area (Å²) in [7, 11) is 1.92. The molecule has 136 valence electrons. The van der Waals surface area contributed by atoms with Crippen LogP contribution in [0, 0.1) is 0 Å². The number of aromatic nitrogens is 5. The summed E-state index contributed by atoms with van der Waals surface area (Å²) in [4.78, 5) is 28.8. The lowest BCUT2D eigenvalue weighted by molar-refractivity contribution is -0.116. The highest BCUT2D eigenvalue weighted by atomic mass is 32.1. The minimum Gasteiger partial charge on any atom is -0.359 e. The zero-order chi connectivity index (χ0) is 18.6. The molecule has 9 heteroatoms. The van der Waals surface area contributed by atoms with Crippen LogP contribution >= 0.6 is 11.3 Å². The maximum Gasteiger partial charge on any atom is 0.228 e. The first-order valence-electron chi connectivity index (χ1n) is 8.37. The smallest absolute Gasteiger partial charge is 0.228 e. The Labute approximate surface area is 159 Å². The van der Waals surface area contributed by atoms with E-state index in [0.717, 1.165) is 26.5 Å². The van der Waals surface area contributed by atoms with Crippen LogP contribution in [0.15, 0.2) is 49.1 Å².